The minimum atomic E-state index is -0.000822. The number of hydrogen-bond donors (Lipinski definition) is 1. The summed E-state index contributed by atoms with van der Waals surface area (Å²) in [5, 5.41) is 3.94. The van der Waals surface area contributed by atoms with Gasteiger partial charge in [0, 0.05) is 43.9 Å². The van der Waals surface area contributed by atoms with Crippen LogP contribution in [0, 0.1) is 6.92 Å². The Morgan fingerprint density at radius 1 is 1.15 bits per heavy atom. The molecule has 3 rings (SSSR count). The van der Waals surface area contributed by atoms with E-state index in [-0.39, 0.29) is 11.8 Å². The van der Waals surface area contributed by atoms with E-state index in [9.17, 15) is 9.59 Å². The van der Waals surface area contributed by atoms with Crippen molar-refractivity contribution in [2.45, 2.75) is 13.5 Å². The van der Waals surface area contributed by atoms with Crippen LogP contribution in [-0.2, 0) is 16.1 Å². The van der Waals surface area contributed by atoms with Gasteiger partial charge in [-0.25, -0.2) is 0 Å². The molecule has 6 nitrogen and oxygen atoms in total. The first kappa shape index (κ1) is 18.2. The maximum atomic E-state index is 12.7. The number of nitrogens with zero attached hydrogens (tertiary/aromatic N) is 3. The average Bonchev–Trinajstić information content (AvgIpc) is 2.96. The highest BCUT2D eigenvalue weighted by molar-refractivity contribution is 5.84. The molecule has 0 saturated carbocycles. The smallest absolute Gasteiger partial charge is 0.242 e. The Morgan fingerprint density at radius 2 is 1.88 bits per heavy atom. The van der Waals surface area contributed by atoms with Crippen LogP contribution in [0.3, 0.4) is 0 Å². The molecular weight excluding hydrogens is 328 g/mol. The quantitative estimate of drug-likeness (QED) is 0.798. The third-order valence-corrected chi connectivity index (χ3v) is 4.85. The van der Waals surface area contributed by atoms with Gasteiger partial charge in [-0.1, -0.05) is 24.3 Å². The molecule has 2 aromatic rings. The highest BCUT2D eigenvalue weighted by atomic mass is 16.2. The number of nitrogens with one attached hydrogen (secondary N) is 1. The van der Waals surface area contributed by atoms with Crippen LogP contribution in [0.2, 0.25) is 0 Å². The van der Waals surface area contributed by atoms with Crippen LogP contribution in [0.1, 0.15) is 5.69 Å². The van der Waals surface area contributed by atoms with E-state index in [0.717, 1.165) is 29.7 Å². The molecule has 0 aliphatic carbocycles. The first-order valence-electron chi connectivity index (χ1n) is 9.01. The predicted molar refractivity (Wildman–Crippen MR) is 103 cm³/mol. The lowest BCUT2D eigenvalue weighted by molar-refractivity contribution is -0.133. The summed E-state index contributed by atoms with van der Waals surface area (Å²) in [5.74, 6) is 0.129. The molecule has 1 aliphatic heterocycles. The second kappa shape index (κ2) is 8.19. The maximum absolute atomic E-state index is 12.7. The molecule has 1 fully saturated rings. The van der Waals surface area contributed by atoms with Crippen molar-refractivity contribution in [1.29, 1.82) is 0 Å². The van der Waals surface area contributed by atoms with Gasteiger partial charge in [0.25, 0.3) is 0 Å². The van der Waals surface area contributed by atoms with Gasteiger partial charge in [-0.05, 0) is 24.4 Å². The number of fused-ring (bicyclic) bond motifs is 1. The SMILES string of the molecule is C=CCNC(=O)CN1CCN(C(=O)Cn2c(C)cc3ccccc32)CC1. The van der Waals surface area contributed by atoms with E-state index < -0.39 is 0 Å². The summed E-state index contributed by atoms with van der Waals surface area (Å²) in [4.78, 5) is 28.5. The largest absolute Gasteiger partial charge is 0.352 e. The molecule has 0 spiro atoms. The molecule has 1 aliphatic rings. The Bertz CT molecular complexity index is 803. The summed E-state index contributed by atoms with van der Waals surface area (Å²) in [7, 11) is 0. The lowest BCUT2D eigenvalue weighted by Gasteiger charge is -2.34. The van der Waals surface area contributed by atoms with Crippen LogP contribution in [0.4, 0.5) is 0 Å². The fourth-order valence-corrected chi connectivity index (χ4v) is 3.39. The highest BCUT2D eigenvalue weighted by Gasteiger charge is 2.23. The van der Waals surface area contributed by atoms with Crippen LogP contribution in [-0.4, -0.2) is 65.4 Å². The van der Waals surface area contributed by atoms with E-state index in [2.05, 4.69) is 39.6 Å². The molecule has 0 atom stereocenters. The average molecular weight is 354 g/mol. The van der Waals surface area contributed by atoms with Gasteiger partial charge in [0.15, 0.2) is 0 Å². The summed E-state index contributed by atoms with van der Waals surface area (Å²) >= 11 is 0. The van der Waals surface area contributed by atoms with E-state index in [1.807, 2.05) is 24.0 Å². The van der Waals surface area contributed by atoms with Gasteiger partial charge < -0.3 is 14.8 Å². The van der Waals surface area contributed by atoms with Crippen molar-refractivity contribution in [2.24, 2.45) is 0 Å². The summed E-state index contributed by atoms with van der Waals surface area (Å²) in [6.07, 6.45) is 1.67. The van der Waals surface area contributed by atoms with Crippen LogP contribution in [0.25, 0.3) is 10.9 Å². The van der Waals surface area contributed by atoms with Crippen molar-refractivity contribution in [3.05, 3.63) is 48.7 Å². The van der Waals surface area contributed by atoms with Gasteiger partial charge in [0.05, 0.1) is 6.54 Å². The van der Waals surface area contributed by atoms with Gasteiger partial charge in [-0.2, -0.15) is 0 Å². The Labute approximate surface area is 154 Å². The van der Waals surface area contributed by atoms with Gasteiger partial charge in [0.1, 0.15) is 6.54 Å². The zero-order chi connectivity index (χ0) is 18.5. The topological polar surface area (TPSA) is 57.6 Å². The number of para-hydroxylation sites is 1. The minimum Gasteiger partial charge on any atom is -0.352 e. The molecule has 0 bridgehead atoms. The zero-order valence-corrected chi connectivity index (χ0v) is 15.3. The molecule has 138 valence electrons. The van der Waals surface area contributed by atoms with E-state index in [1.165, 1.54) is 0 Å². The second-order valence-electron chi connectivity index (χ2n) is 6.68. The fraction of sp³-hybridized carbons (Fsp3) is 0.400. The predicted octanol–water partition coefficient (Wildman–Crippen LogP) is 1.40. The van der Waals surface area contributed by atoms with Gasteiger partial charge >= 0.3 is 0 Å². The normalized spacial score (nSPS) is 15.2. The minimum absolute atomic E-state index is 0.000822. The van der Waals surface area contributed by atoms with Crippen molar-refractivity contribution in [1.82, 2.24) is 19.7 Å². The summed E-state index contributed by atoms with van der Waals surface area (Å²) in [5.41, 5.74) is 2.19. The van der Waals surface area contributed by atoms with E-state index in [1.54, 1.807) is 6.08 Å². The van der Waals surface area contributed by atoms with E-state index in [0.29, 0.717) is 32.7 Å². The molecule has 6 heteroatoms. The highest BCUT2D eigenvalue weighted by Crippen LogP contribution is 2.19. The number of carbonyl (C=O) groups is 2. The number of carbonyl (C=O) groups excluding carboxylic acids is 2. The first-order valence-corrected chi connectivity index (χ1v) is 9.01. The van der Waals surface area contributed by atoms with Crippen LogP contribution in [0.5, 0.6) is 0 Å². The van der Waals surface area contributed by atoms with Gasteiger partial charge in [-0.3, -0.25) is 14.5 Å². The molecule has 1 aromatic carbocycles. The monoisotopic (exact) mass is 354 g/mol. The first-order chi connectivity index (χ1) is 12.6. The van der Waals surface area contributed by atoms with Crippen molar-refractivity contribution < 1.29 is 9.59 Å². The van der Waals surface area contributed by atoms with Gasteiger partial charge in [0.2, 0.25) is 11.8 Å². The molecule has 2 heterocycles. The number of aryl methyl sites for hydroxylation is 1. The molecule has 1 N–H and O–H groups in total. The van der Waals surface area contributed by atoms with Crippen molar-refractivity contribution >= 4 is 22.7 Å². The van der Waals surface area contributed by atoms with Gasteiger partial charge in [-0.15, -0.1) is 6.58 Å². The summed E-state index contributed by atoms with van der Waals surface area (Å²) in [6, 6.07) is 10.2. The summed E-state index contributed by atoms with van der Waals surface area (Å²) in [6.45, 7) is 9.60. The Kier molecular flexibility index (Phi) is 5.73. The van der Waals surface area contributed by atoms with Crippen LogP contribution < -0.4 is 5.32 Å². The van der Waals surface area contributed by atoms with E-state index >= 15 is 0 Å². The lowest BCUT2D eigenvalue weighted by Crippen LogP contribution is -2.51. The molecule has 1 aromatic heterocycles. The number of piperazine rings is 1. The van der Waals surface area contributed by atoms with E-state index in [4.69, 9.17) is 0 Å². The lowest BCUT2D eigenvalue weighted by atomic mass is 10.2. The molecule has 26 heavy (non-hydrogen) atoms. The summed E-state index contributed by atoms with van der Waals surface area (Å²) < 4.78 is 2.08. The molecule has 0 unspecified atom stereocenters. The number of hydrogen-bond acceptors (Lipinski definition) is 3. The second-order valence-corrected chi connectivity index (χ2v) is 6.68. The fourth-order valence-electron chi connectivity index (χ4n) is 3.39. The zero-order valence-electron chi connectivity index (χ0n) is 15.3. The van der Waals surface area contributed by atoms with Crippen LogP contribution in [0.15, 0.2) is 43.0 Å². The Morgan fingerprint density at radius 3 is 2.62 bits per heavy atom. The molecule has 0 radical (unpaired) electrons. The number of aromatic nitrogens is 1. The Balaban J connectivity index is 1.54. The maximum Gasteiger partial charge on any atom is 0.242 e. The van der Waals surface area contributed by atoms with Crippen molar-refractivity contribution in [3.8, 4) is 0 Å². The number of rotatable bonds is 6. The Hall–Kier alpha value is -2.60. The number of benzene rings is 1. The third kappa shape index (κ3) is 4.14. The van der Waals surface area contributed by atoms with Crippen molar-refractivity contribution in [2.75, 3.05) is 39.3 Å². The third-order valence-electron chi connectivity index (χ3n) is 4.85. The molecule has 2 amide bonds. The molecular formula is C20H26N4O2. The van der Waals surface area contributed by atoms with Crippen LogP contribution >= 0.6 is 0 Å². The number of amides is 2. The van der Waals surface area contributed by atoms with Crippen molar-refractivity contribution in [3.63, 3.8) is 0 Å². The molecule has 1 saturated heterocycles. The standard InChI is InChI=1S/C20H26N4O2/c1-3-8-21-19(25)14-22-9-11-23(12-10-22)20(26)15-24-16(2)13-17-6-4-5-7-18(17)24/h3-7,13H,1,8-12,14-15H2,2H3,(H,21,25).